The van der Waals surface area contributed by atoms with E-state index in [2.05, 4.69) is 5.32 Å². The molecule has 0 fully saturated rings. The van der Waals surface area contributed by atoms with E-state index < -0.39 is 11.9 Å². The number of hydrogen-bond donors (Lipinski definition) is 2. The van der Waals surface area contributed by atoms with Gasteiger partial charge in [0.25, 0.3) is 5.91 Å². The average molecular weight is 254 g/mol. The highest BCUT2D eigenvalue weighted by atomic mass is 35.5. The zero-order valence-corrected chi connectivity index (χ0v) is 10.2. The zero-order chi connectivity index (χ0) is 13.0. The van der Waals surface area contributed by atoms with E-state index in [4.69, 9.17) is 16.7 Å². The van der Waals surface area contributed by atoms with Crippen molar-refractivity contribution in [3.8, 4) is 0 Å². The molecule has 0 aliphatic rings. The Bertz CT molecular complexity index is 494. The molecule has 0 saturated heterocycles. The lowest BCUT2D eigenvalue weighted by Gasteiger charge is -2.08. The van der Waals surface area contributed by atoms with Gasteiger partial charge in [0.15, 0.2) is 0 Å². The van der Waals surface area contributed by atoms with E-state index in [9.17, 15) is 9.59 Å². The molecule has 90 valence electrons. The minimum atomic E-state index is -1.11. The molecule has 4 nitrogen and oxygen atoms in total. The number of hydrogen-bond acceptors (Lipinski definition) is 2. The van der Waals surface area contributed by atoms with Crippen molar-refractivity contribution < 1.29 is 14.7 Å². The second kappa shape index (κ2) is 5.50. The summed E-state index contributed by atoms with van der Waals surface area (Å²) < 4.78 is 0. The van der Waals surface area contributed by atoms with Gasteiger partial charge < -0.3 is 10.4 Å². The first-order valence-electron chi connectivity index (χ1n) is 4.90. The Kier molecular flexibility index (Phi) is 4.29. The van der Waals surface area contributed by atoms with Gasteiger partial charge in [0, 0.05) is 11.1 Å². The number of benzene rings is 1. The predicted molar refractivity (Wildman–Crippen MR) is 66.1 cm³/mol. The van der Waals surface area contributed by atoms with Crippen molar-refractivity contribution >= 4 is 29.2 Å². The monoisotopic (exact) mass is 253 g/mol. The van der Waals surface area contributed by atoms with E-state index in [0.29, 0.717) is 10.7 Å². The summed E-state index contributed by atoms with van der Waals surface area (Å²) in [6, 6.07) is 6.75. The molecule has 1 rings (SSSR count). The molecular formula is C12H12ClNO3. The number of carbonyl (C=O) groups is 2. The lowest BCUT2D eigenvalue weighted by atomic mass is 10.1. The molecule has 1 amide bonds. The fourth-order valence-corrected chi connectivity index (χ4v) is 1.29. The summed E-state index contributed by atoms with van der Waals surface area (Å²) in [4.78, 5) is 22.4. The molecule has 0 atom stereocenters. The summed E-state index contributed by atoms with van der Waals surface area (Å²) >= 11 is 5.87. The molecule has 0 aromatic heterocycles. The standard InChI is InChI=1S/C12H12ClNO3/c1-7(8(2)12(16)17)11(15)14-10-6-4-3-5-9(10)13/h3-6H,1-2H3,(H,14,15)(H,16,17). The number of halogens is 1. The van der Waals surface area contributed by atoms with Crippen LogP contribution in [0.1, 0.15) is 13.8 Å². The first-order chi connectivity index (χ1) is 7.93. The van der Waals surface area contributed by atoms with Gasteiger partial charge in [-0.25, -0.2) is 4.79 Å². The maximum absolute atomic E-state index is 11.7. The second-order valence-corrected chi connectivity index (χ2v) is 3.90. The highest BCUT2D eigenvalue weighted by molar-refractivity contribution is 6.33. The Labute approximate surface area is 104 Å². The Morgan fingerprint density at radius 3 is 2.29 bits per heavy atom. The topological polar surface area (TPSA) is 66.4 Å². The van der Waals surface area contributed by atoms with Crippen molar-refractivity contribution in [1.82, 2.24) is 0 Å². The minimum absolute atomic E-state index is 0.00885. The van der Waals surface area contributed by atoms with Crippen LogP contribution in [0.4, 0.5) is 5.69 Å². The quantitative estimate of drug-likeness (QED) is 0.814. The van der Waals surface area contributed by atoms with Crippen LogP contribution in [0.25, 0.3) is 0 Å². The Balaban J connectivity index is 2.91. The Hall–Kier alpha value is -1.81. The van der Waals surface area contributed by atoms with Gasteiger partial charge in [-0.2, -0.15) is 0 Å². The van der Waals surface area contributed by atoms with Crippen molar-refractivity contribution in [3.63, 3.8) is 0 Å². The first-order valence-corrected chi connectivity index (χ1v) is 5.28. The lowest BCUT2D eigenvalue weighted by Crippen LogP contribution is -2.16. The third kappa shape index (κ3) is 3.32. The van der Waals surface area contributed by atoms with Gasteiger partial charge in [-0.1, -0.05) is 23.7 Å². The molecule has 0 aliphatic carbocycles. The van der Waals surface area contributed by atoms with Crippen LogP contribution in [-0.2, 0) is 9.59 Å². The van der Waals surface area contributed by atoms with Crippen molar-refractivity contribution in [2.45, 2.75) is 13.8 Å². The number of carbonyl (C=O) groups excluding carboxylic acids is 1. The molecule has 0 heterocycles. The van der Waals surface area contributed by atoms with Crippen LogP contribution in [0.15, 0.2) is 35.4 Å². The van der Waals surface area contributed by atoms with Gasteiger partial charge in [0.2, 0.25) is 0 Å². The van der Waals surface area contributed by atoms with Gasteiger partial charge in [-0.05, 0) is 26.0 Å². The molecule has 1 aromatic rings. The number of aliphatic carboxylic acids is 1. The Morgan fingerprint density at radius 1 is 1.18 bits per heavy atom. The number of para-hydroxylation sites is 1. The maximum atomic E-state index is 11.7. The van der Waals surface area contributed by atoms with Gasteiger partial charge in [-0.3, -0.25) is 4.79 Å². The molecule has 0 saturated carbocycles. The van der Waals surface area contributed by atoms with E-state index in [1.54, 1.807) is 24.3 Å². The van der Waals surface area contributed by atoms with Crippen LogP contribution in [0.2, 0.25) is 5.02 Å². The molecule has 17 heavy (non-hydrogen) atoms. The molecule has 0 radical (unpaired) electrons. The molecule has 0 aliphatic heterocycles. The fraction of sp³-hybridized carbons (Fsp3) is 0.167. The molecule has 0 spiro atoms. The number of anilines is 1. The van der Waals surface area contributed by atoms with E-state index in [1.165, 1.54) is 13.8 Å². The largest absolute Gasteiger partial charge is 0.478 e. The van der Waals surface area contributed by atoms with Crippen molar-refractivity contribution in [2.24, 2.45) is 0 Å². The van der Waals surface area contributed by atoms with Gasteiger partial charge in [0.05, 0.1) is 10.7 Å². The van der Waals surface area contributed by atoms with E-state index in [-0.39, 0.29) is 11.1 Å². The van der Waals surface area contributed by atoms with Crippen LogP contribution >= 0.6 is 11.6 Å². The summed E-state index contributed by atoms with van der Waals surface area (Å²) in [5, 5.41) is 11.7. The van der Waals surface area contributed by atoms with E-state index in [1.807, 2.05) is 0 Å². The van der Waals surface area contributed by atoms with Gasteiger partial charge in [0.1, 0.15) is 0 Å². The predicted octanol–water partition coefficient (Wildman–Crippen LogP) is 2.70. The van der Waals surface area contributed by atoms with E-state index in [0.717, 1.165) is 0 Å². The highest BCUT2D eigenvalue weighted by Crippen LogP contribution is 2.21. The summed E-state index contributed by atoms with van der Waals surface area (Å²) in [7, 11) is 0. The maximum Gasteiger partial charge on any atom is 0.331 e. The number of amides is 1. The molecule has 1 aromatic carbocycles. The molecular weight excluding hydrogens is 242 g/mol. The normalized spacial score (nSPS) is 11.7. The number of carboxylic acids is 1. The van der Waals surface area contributed by atoms with Crippen molar-refractivity contribution in [1.29, 1.82) is 0 Å². The minimum Gasteiger partial charge on any atom is -0.478 e. The summed E-state index contributed by atoms with van der Waals surface area (Å²) in [6.45, 7) is 2.83. The van der Waals surface area contributed by atoms with Crippen LogP contribution in [0, 0.1) is 0 Å². The van der Waals surface area contributed by atoms with Crippen LogP contribution in [0.3, 0.4) is 0 Å². The first kappa shape index (κ1) is 13.3. The summed E-state index contributed by atoms with van der Waals surface area (Å²) in [5.74, 6) is -1.59. The lowest BCUT2D eigenvalue weighted by molar-refractivity contribution is -0.133. The van der Waals surface area contributed by atoms with Crippen molar-refractivity contribution in [3.05, 3.63) is 40.4 Å². The molecule has 0 unspecified atom stereocenters. The summed E-state index contributed by atoms with van der Waals surface area (Å²) in [6.07, 6.45) is 0. The van der Waals surface area contributed by atoms with Gasteiger partial charge in [-0.15, -0.1) is 0 Å². The Morgan fingerprint density at radius 2 is 1.76 bits per heavy atom. The second-order valence-electron chi connectivity index (χ2n) is 3.49. The summed E-state index contributed by atoms with van der Waals surface area (Å²) in [5.41, 5.74) is 0.615. The van der Waals surface area contributed by atoms with Gasteiger partial charge >= 0.3 is 5.97 Å². The third-order valence-corrected chi connectivity index (χ3v) is 2.68. The fourth-order valence-electron chi connectivity index (χ4n) is 1.11. The molecule has 2 N–H and O–H groups in total. The average Bonchev–Trinajstić information content (AvgIpc) is 2.30. The zero-order valence-electron chi connectivity index (χ0n) is 9.45. The van der Waals surface area contributed by atoms with E-state index >= 15 is 0 Å². The number of carboxylic acid groups (broad SMARTS) is 1. The molecule has 5 heteroatoms. The smallest absolute Gasteiger partial charge is 0.331 e. The van der Waals surface area contributed by atoms with Crippen molar-refractivity contribution in [2.75, 3.05) is 5.32 Å². The number of rotatable bonds is 3. The van der Waals surface area contributed by atoms with Crippen LogP contribution in [-0.4, -0.2) is 17.0 Å². The number of nitrogens with one attached hydrogen (secondary N) is 1. The SMILES string of the molecule is CC(C(=O)O)=C(C)C(=O)Nc1ccccc1Cl. The van der Waals surface area contributed by atoms with Crippen LogP contribution < -0.4 is 5.32 Å². The molecule has 0 bridgehead atoms. The highest BCUT2D eigenvalue weighted by Gasteiger charge is 2.13. The van der Waals surface area contributed by atoms with Crippen LogP contribution in [0.5, 0.6) is 0 Å². The third-order valence-electron chi connectivity index (χ3n) is 2.35.